The third-order valence-electron chi connectivity index (χ3n) is 4.20. The fraction of sp³-hybridized carbons (Fsp3) is 0.438. The number of furan rings is 1. The summed E-state index contributed by atoms with van der Waals surface area (Å²) in [6.07, 6.45) is 1.35. The van der Waals surface area contributed by atoms with Crippen molar-refractivity contribution in [1.29, 1.82) is 0 Å². The number of halogens is 1. The molecule has 1 aromatic carbocycles. The minimum Gasteiger partial charge on any atom is -0.451 e. The van der Waals surface area contributed by atoms with Crippen molar-refractivity contribution in [1.82, 2.24) is 4.90 Å². The van der Waals surface area contributed by atoms with Crippen molar-refractivity contribution >= 4 is 28.5 Å². The molecule has 1 fully saturated rings. The van der Waals surface area contributed by atoms with Crippen LogP contribution in [-0.2, 0) is 0 Å². The zero-order valence-corrected chi connectivity index (χ0v) is 12.6. The molecule has 21 heavy (non-hydrogen) atoms. The third-order valence-corrected chi connectivity index (χ3v) is 4.43. The number of aliphatic hydroxyl groups excluding tert-OH is 1. The minimum absolute atomic E-state index is 0.0913. The molecule has 1 aromatic heterocycles. The van der Waals surface area contributed by atoms with Gasteiger partial charge in [-0.3, -0.25) is 4.79 Å². The average molecular weight is 308 g/mol. The maximum absolute atomic E-state index is 12.5. The predicted molar refractivity (Wildman–Crippen MR) is 81.5 cm³/mol. The molecule has 0 spiro atoms. The fourth-order valence-electron chi connectivity index (χ4n) is 2.86. The molecule has 1 unspecified atom stereocenters. The number of benzene rings is 1. The van der Waals surface area contributed by atoms with Gasteiger partial charge in [-0.1, -0.05) is 11.6 Å². The Labute approximate surface area is 128 Å². The number of amides is 1. The molecular weight excluding hydrogens is 290 g/mol. The Kier molecular flexibility index (Phi) is 3.91. The number of nitrogens with zero attached hydrogens (tertiary/aromatic N) is 1. The van der Waals surface area contributed by atoms with Gasteiger partial charge < -0.3 is 14.4 Å². The number of carbonyl (C=O) groups excluding carboxylic acids is 1. The second kappa shape index (κ2) is 5.70. The van der Waals surface area contributed by atoms with E-state index in [4.69, 9.17) is 16.0 Å². The first kappa shape index (κ1) is 14.4. The van der Waals surface area contributed by atoms with Crippen molar-refractivity contribution in [2.45, 2.75) is 25.9 Å². The molecule has 0 radical (unpaired) electrons. The Morgan fingerprint density at radius 1 is 1.38 bits per heavy atom. The average Bonchev–Trinajstić information content (AvgIpc) is 2.89. The highest BCUT2D eigenvalue weighted by Crippen LogP contribution is 2.26. The van der Waals surface area contributed by atoms with E-state index in [2.05, 4.69) is 0 Å². The van der Waals surface area contributed by atoms with Gasteiger partial charge in [0.1, 0.15) is 5.58 Å². The molecule has 1 amide bonds. The number of fused-ring (bicyclic) bond motifs is 1. The van der Waals surface area contributed by atoms with E-state index < -0.39 is 0 Å². The summed E-state index contributed by atoms with van der Waals surface area (Å²) in [6.45, 7) is 3.13. The number of piperidine rings is 1. The SMILES string of the molecule is CC(O)C1CCN(C(=O)c2cc3cc(Cl)ccc3o2)CC1. The summed E-state index contributed by atoms with van der Waals surface area (Å²) >= 11 is 5.94. The summed E-state index contributed by atoms with van der Waals surface area (Å²) < 4.78 is 5.61. The van der Waals surface area contributed by atoms with Crippen LogP contribution < -0.4 is 0 Å². The lowest BCUT2D eigenvalue weighted by atomic mass is 9.92. The quantitative estimate of drug-likeness (QED) is 0.926. The van der Waals surface area contributed by atoms with Gasteiger partial charge in [0.2, 0.25) is 0 Å². The standard InChI is InChI=1S/C16H18ClNO3/c1-10(19)11-4-6-18(7-5-11)16(20)15-9-12-8-13(17)2-3-14(12)21-15/h2-3,8-11,19H,4-7H2,1H3. The number of rotatable bonds is 2. The van der Waals surface area contributed by atoms with Crippen molar-refractivity contribution < 1.29 is 14.3 Å². The number of aliphatic hydroxyl groups is 1. The van der Waals surface area contributed by atoms with E-state index in [0.717, 1.165) is 18.2 Å². The molecule has 112 valence electrons. The molecule has 0 saturated carbocycles. The zero-order chi connectivity index (χ0) is 15.0. The summed E-state index contributed by atoms with van der Waals surface area (Å²) in [5, 5.41) is 11.1. The van der Waals surface area contributed by atoms with Crippen LogP contribution >= 0.6 is 11.6 Å². The lowest BCUT2D eigenvalue weighted by Crippen LogP contribution is -2.40. The molecule has 5 heteroatoms. The molecule has 1 N–H and O–H groups in total. The van der Waals surface area contributed by atoms with Crippen LogP contribution in [0.2, 0.25) is 5.02 Å². The molecule has 1 aliphatic heterocycles. The van der Waals surface area contributed by atoms with E-state index in [1.165, 1.54) is 0 Å². The first-order valence-electron chi connectivity index (χ1n) is 7.21. The van der Waals surface area contributed by atoms with Crippen LogP contribution in [0, 0.1) is 5.92 Å². The molecule has 0 aliphatic carbocycles. The smallest absolute Gasteiger partial charge is 0.289 e. The van der Waals surface area contributed by atoms with Gasteiger partial charge in [-0.15, -0.1) is 0 Å². The van der Waals surface area contributed by atoms with Crippen molar-refractivity contribution in [3.8, 4) is 0 Å². The molecule has 2 heterocycles. The maximum Gasteiger partial charge on any atom is 0.289 e. The molecule has 4 nitrogen and oxygen atoms in total. The number of hydrogen-bond donors (Lipinski definition) is 1. The topological polar surface area (TPSA) is 53.7 Å². The molecule has 3 rings (SSSR count). The minimum atomic E-state index is -0.310. The monoisotopic (exact) mass is 307 g/mol. The van der Waals surface area contributed by atoms with Crippen LogP contribution in [0.3, 0.4) is 0 Å². The molecule has 1 aliphatic rings. The summed E-state index contributed by atoms with van der Waals surface area (Å²) in [5.74, 6) is 0.539. The van der Waals surface area contributed by atoms with Gasteiger partial charge in [-0.05, 0) is 49.9 Å². The van der Waals surface area contributed by atoms with Crippen LogP contribution in [0.15, 0.2) is 28.7 Å². The van der Waals surface area contributed by atoms with Crippen LogP contribution in [0.4, 0.5) is 0 Å². The fourth-order valence-corrected chi connectivity index (χ4v) is 3.04. The second-order valence-corrected chi connectivity index (χ2v) is 6.10. The zero-order valence-electron chi connectivity index (χ0n) is 11.9. The Bertz CT molecular complexity index is 657. The highest BCUT2D eigenvalue weighted by atomic mass is 35.5. The van der Waals surface area contributed by atoms with Gasteiger partial charge >= 0.3 is 0 Å². The van der Waals surface area contributed by atoms with Gasteiger partial charge in [0.05, 0.1) is 6.10 Å². The van der Waals surface area contributed by atoms with E-state index in [1.807, 2.05) is 6.92 Å². The first-order chi connectivity index (χ1) is 10.0. The first-order valence-corrected chi connectivity index (χ1v) is 7.59. The van der Waals surface area contributed by atoms with Crippen molar-refractivity contribution in [2.24, 2.45) is 5.92 Å². The summed E-state index contributed by atoms with van der Waals surface area (Å²) in [7, 11) is 0. The predicted octanol–water partition coefficient (Wildman–Crippen LogP) is 3.32. The highest BCUT2D eigenvalue weighted by molar-refractivity contribution is 6.31. The maximum atomic E-state index is 12.5. The van der Waals surface area contributed by atoms with Gasteiger partial charge in [0.25, 0.3) is 5.91 Å². The largest absolute Gasteiger partial charge is 0.451 e. The van der Waals surface area contributed by atoms with E-state index in [0.29, 0.717) is 29.5 Å². The molecule has 2 aromatic rings. The van der Waals surface area contributed by atoms with Crippen LogP contribution in [0.1, 0.15) is 30.3 Å². The number of likely N-dealkylation sites (tertiary alicyclic amines) is 1. The van der Waals surface area contributed by atoms with Crippen LogP contribution in [0.5, 0.6) is 0 Å². The number of carbonyl (C=O) groups is 1. The highest BCUT2D eigenvalue weighted by Gasteiger charge is 2.27. The second-order valence-electron chi connectivity index (χ2n) is 5.66. The van der Waals surface area contributed by atoms with Crippen molar-refractivity contribution in [3.05, 3.63) is 35.0 Å². The molecule has 1 saturated heterocycles. The summed E-state index contributed by atoms with van der Waals surface area (Å²) in [6, 6.07) is 7.05. The molecule has 1 atom stereocenters. The van der Waals surface area contributed by atoms with Crippen LogP contribution in [-0.4, -0.2) is 35.1 Å². The third kappa shape index (κ3) is 2.92. The van der Waals surface area contributed by atoms with Gasteiger partial charge in [0, 0.05) is 23.5 Å². The summed E-state index contributed by atoms with van der Waals surface area (Å²) in [4.78, 5) is 14.3. The summed E-state index contributed by atoms with van der Waals surface area (Å²) in [5.41, 5.74) is 0.668. The van der Waals surface area contributed by atoms with Crippen LogP contribution in [0.25, 0.3) is 11.0 Å². The Hall–Kier alpha value is -1.52. The van der Waals surface area contributed by atoms with E-state index in [9.17, 15) is 9.90 Å². The van der Waals surface area contributed by atoms with Gasteiger partial charge in [-0.2, -0.15) is 0 Å². The Morgan fingerprint density at radius 2 is 2.10 bits per heavy atom. The van der Waals surface area contributed by atoms with E-state index in [1.54, 1.807) is 29.2 Å². The van der Waals surface area contributed by atoms with Crippen molar-refractivity contribution in [2.75, 3.05) is 13.1 Å². The molecular formula is C16H18ClNO3. The Balaban J connectivity index is 1.75. The van der Waals surface area contributed by atoms with E-state index >= 15 is 0 Å². The normalized spacial score (nSPS) is 18.1. The van der Waals surface area contributed by atoms with Gasteiger partial charge in [0.15, 0.2) is 5.76 Å². The van der Waals surface area contributed by atoms with Gasteiger partial charge in [-0.25, -0.2) is 0 Å². The van der Waals surface area contributed by atoms with E-state index in [-0.39, 0.29) is 17.9 Å². The molecule has 0 bridgehead atoms. The lowest BCUT2D eigenvalue weighted by Gasteiger charge is -2.32. The lowest BCUT2D eigenvalue weighted by molar-refractivity contribution is 0.0500. The van der Waals surface area contributed by atoms with Crippen molar-refractivity contribution in [3.63, 3.8) is 0 Å². The Morgan fingerprint density at radius 3 is 2.76 bits per heavy atom. The number of hydrogen-bond acceptors (Lipinski definition) is 3.